The van der Waals surface area contributed by atoms with Gasteiger partial charge in [-0.25, -0.2) is 0 Å². The van der Waals surface area contributed by atoms with Gasteiger partial charge in [0.05, 0.1) is 12.0 Å². The van der Waals surface area contributed by atoms with Gasteiger partial charge >= 0.3 is 0 Å². The number of nitrogens with zero attached hydrogens (tertiary/aromatic N) is 2. The van der Waals surface area contributed by atoms with E-state index in [-0.39, 0.29) is 5.41 Å². The number of anilines is 2. The smallest absolute Gasteiger partial charge is 0.183 e. The molecule has 5 nitrogen and oxygen atoms in total. The van der Waals surface area contributed by atoms with E-state index in [4.69, 9.17) is 9.26 Å². The number of ether oxygens (including phenoxy) is 1. The van der Waals surface area contributed by atoms with Crippen LogP contribution < -0.4 is 14.4 Å². The van der Waals surface area contributed by atoms with Crippen LogP contribution >= 0.6 is 11.9 Å². The Kier molecular flexibility index (Phi) is 4.23. The third kappa shape index (κ3) is 2.88. The van der Waals surface area contributed by atoms with Crippen LogP contribution in [0.3, 0.4) is 0 Å². The van der Waals surface area contributed by atoms with Crippen molar-refractivity contribution in [2.24, 2.45) is 0 Å². The first kappa shape index (κ1) is 18.2. The van der Waals surface area contributed by atoms with Gasteiger partial charge in [0.2, 0.25) is 0 Å². The molecule has 1 saturated heterocycles. The first-order valence-electron chi connectivity index (χ1n) is 10.7. The Morgan fingerprint density at radius 3 is 2.77 bits per heavy atom. The lowest BCUT2D eigenvalue weighted by Gasteiger charge is -2.27. The van der Waals surface area contributed by atoms with Crippen LogP contribution in [0.25, 0.3) is 11.3 Å². The predicted molar refractivity (Wildman–Crippen MR) is 120 cm³/mol. The number of benzene rings is 2. The lowest BCUT2D eigenvalue weighted by atomic mass is 9.79. The molecule has 0 unspecified atom stereocenters. The highest BCUT2D eigenvalue weighted by Crippen LogP contribution is 2.59. The minimum atomic E-state index is 0.267. The van der Waals surface area contributed by atoms with E-state index >= 15 is 0 Å². The molecule has 2 fully saturated rings. The molecule has 6 heteroatoms. The van der Waals surface area contributed by atoms with Crippen LogP contribution in [0.15, 0.2) is 51.9 Å². The Morgan fingerprint density at radius 2 is 1.97 bits per heavy atom. The molecule has 3 aliphatic rings. The minimum absolute atomic E-state index is 0.267. The average molecular weight is 420 g/mol. The molecule has 0 amide bonds. The number of hydrogen-bond donors (Lipinski definition) is 1. The second kappa shape index (κ2) is 6.98. The molecule has 0 atom stereocenters. The van der Waals surface area contributed by atoms with Gasteiger partial charge in [0, 0.05) is 35.3 Å². The van der Waals surface area contributed by atoms with Crippen molar-refractivity contribution in [1.82, 2.24) is 5.16 Å². The fourth-order valence-corrected chi connectivity index (χ4v) is 5.72. The molecule has 1 aromatic heterocycles. The van der Waals surface area contributed by atoms with Crippen LogP contribution in [-0.2, 0) is 11.8 Å². The van der Waals surface area contributed by atoms with Gasteiger partial charge in [0.1, 0.15) is 5.75 Å². The summed E-state index contributed by atoms with van der Waals surface area (Å²) in [6.07, 6.45) is 6.04. The SMILES string of the molecule is COc1ccccc1SNc1noc2c1CC1(CC1)c1ccc(N3CCCC3)cc1-2. The summed E-state index contributed by atoms with van der Waals surface area (Å²) in [4.78, 5) is 3.52. The fourth-order valence-electron chi connectivity index (χ4n) is 4.96. The third-order valence-electron chi connectivity index (χ3n) is 6.77. The molecule has 1 spiro atoms. The van der Waals surface area contributed by atoms with E-state index < -0.39 is 0 Å². The highest BCUT2D eigenvalue weighted by atomic mass is 32.2. The average Bonchev–Trinajstić information content (AvgIpc) is 3.17. The standard InChI is InChI=1S/C24H25N3O2S/c1-28-20-6-2-3-7-21(20)30-26-23-18-15-24(10-11-24)19-9-8-16(27-12-4-5-13-27)14-17(19)22(18)29-25-23/h2-3,6-9,14H,4-5,10-13,15H2,1H3,(H,25,26). The number of aromatic nitrogens is 1. The van der Waals surface area contributed by atoms with Gasteiger partial charge in [0.15, 0.2) is 11.6 Å². The molecule has 2 aliphatic carbocycles. The normalized spacial score (nSPS) is 18.2. The van der Waals surface area contributed by atoms with Crippen LogP contribution in [0.2, 0.25) is 0 Å². The van der Waals surface area contributed by atoms with Crippen LogP contribution in [0.5, 0.6) is 5.75 Å². The molecule has 1 saturated carbocycles. The van der Waals surface area contributed by atoms with E-state index in [0.717, 1.165) is 41.7 Å². The molecular weight excluding hydrogens is 394 g/mol. The maximum Gasteiger partial charge on any atom is 0.183 e. The highest BCUT2D eigenvalue weighted by molar-refractivity contribution is 8.00. The summed E-state index contributed by atoms with van der Waals surface area (Å²) in [5.74, 6) is 2.63. The monoisotopic (exact) mass is 419 g/mol. The molecule has 3 aromatic rings. The Bertz CT molecular complexity index is 1100. The Morgan fingerprint density at radius 1 is 1.13 bits per heavy atom. The topological polar surface area (TPSA) is 50.5 Å². The largest absolute Gasteiger partial charge is 0.496 e. The van der Waals surface area contributed by atoms with Crippen molar-refractivity contribution in [2.45, 2.75) is 42.4 Å². The highest BCUT2D eigenvalue weighted by Gasteiger charge is 2.50. The molecule has 0 bridgehead atoms. The molecule has 0 radical (unpaired) electrons. The number of hydrogen-bond acceptors (Lipinski definition) is 6. The van der Waals surface area contributed by atoms with E-state index in [1.54, 1.807) is 7.11 Å². The second-order valence-corrected chi connectivity index (χ2v) is 9.42. The Labute approximate surface area is 180 Å². The maximum absolute atomic E-state index is 5.92. The van der Waals surface area contributed by atoms with Crippen LogP contribution in [0, 0.1) is 0 Å². The summed E-state index contributed by atoms with van der Waals surface area (Å²) < 4.78 is 14.8. The Hall–Kier alpha value is -2.60. The maximum atomic E-state index is 5.92. The molecule has 1 N–H and O–H groups in total. The van der Waals surface area contributed by atoms with Gasteiger partial charge in [-0.15, -0.1) is 0 Å². The quantitative estimate of drug-likeness (QED) is 0.539. The summed E-state index contributed by atoms with van der Waals surface area (Å²) in [7, 11) is 1.70. The van der Waals surface area contributed by atoms with Gasteiger partial charge in [-0.3, -0.25) is 0 Å². The van der Waals surface area contributed by atoms with Gasteiger partial charge in [-0.2, -0.15) is 0 Å². The van der Waals surface area contributed by atoms with E-state index in [9.17, 15) is 0 Å². The Balaban J connectivity index is 1.34. The molecule has 2 heterocycles. The molecule has 6 rings (SSSR count). The summed E-state index contributed by atoms with van der Waals surface area (Å²) in [5.41, 5.74) is 5.47. The van der Waals surface area contributed by atoms with Crippen LogP contribution in [-0.4, -0.2) is 25.4 Å². The van der Waals surface area contributed by atoms with Gasteiger partial charge in [-0.05, 0) is 73.9 Å². The number of methoxy groups -OCH3 is 1. The van der Waals surface area contributed by atoms with Crippen molar-refractivity contribution in [1.29, 1.82) is 0 Å². The fraction of sp³-hybridized carbons (Fsp3) is 0.375. The van der Waals surface area contributed by atoms with Crippen molar-refractivity contribution in [3.8, 4) is 17.1 Å². The molecular formula is C24H25N3O2S. The minimum Gasteiger partial charge on any atom is -0.496 e. The number of nitrogens with one attached hydrogen (secondary N) is 1. The van der Waals surface area contributed by atoms with Gasteiger partial charge in [-0.1, -0.05) is 23.4 Å². The van der Waals surface area contributed by atoms with E-state index in [1.165, 1.54) is 60.0 Å². The molecule has 30 heavy (non-hydrogen) atoms. The van der Waals surface area contributed by atoms with E-state index in [0.29, 0.717) is 0 Å². The number of para-hydroxylation sites is 1. The van der Waals surface area contributed by atoms with Crippen molar-refractivity contribution in [2.75, 3.05) is 29.8 Å². The lowest BCUT2D eigenvalue weighted by molar-refractivity contribution is 0.405. The predicted octanol–water partition coefficient (Wildman–Crippen LogP) is 5.66. The number of fused-ring (bicyclic) bond motifs is 4. The molecule has 2 aromatic carbocycles. The zero-order chi connectivity index (χ0) is 20.1. The van der Waals surface area contributed by atoms with Gasteiger partial charge in [0.25, 0.3) is 0 Å². The van der Waals surface area contributed by atoms with Crippen molar-refractivity contribution in [3.05, 3.63) is 53.6 Å². The van der Waals surface area contributed by atoms with Crippen molar-refractivity contribution >= 4 is 23.5 Å². The van der Waals surface area contributed by atoms with E-state index in [2.05, 4.69) is 33.0 Å². The second-order valence-electron chi connectivity index (χ2n) is 8.57. The lowest BCUT2D eigenvalue weighted by Crippen LogP contribution is -2.20. The first-order chi connectivity index (χ1) is 14.8. The number of rotatable bonds is 5. The zero-order valence-corrected chi connectivity index (χ0v) is 17.9. The zero-order valence-electron chi connectivity index (χ0n) is 17.1. The summed E-state index contributed by atoms with van der Waals surface area (Å²) in [5, 5.41) is 4.43. The van der Waals surface area contributed by atoms with E-state index in [1.807, 2.05) is 24.3 Å². The summed E-state index contributed by atoms with van der Waals surface area (Å²) >= 11 is 1.52. The summed E-state index contributed by atoms with van der Waals surface area (Å²) in [6, 6.07) is 15.0. The van der Waals surface area contributed by atoms with Gasteiger partial charge < -0.3 is 18.9 Å². The summed E-state index contributed by atoms with van der Waals surface area (Å²) in [6.45, 7) is 2.30. The third-order valence-corrected chi connectivity index (χ3v) is 7.63. The van der Waals surface area contributed by atoms with Crippen molar-refractivity contribution in [3.63, 3.8) is 0 Å². The van der Waals surface area contributed by atoms with Crippen LogP contribution in [0.4, 0.5) is 11.5 Å². The van der Waals surface area contributed by atoms with Crippen molar-refractivity contribution < 1.29 is 9.26 Å². The first-order valence-corrected chi connectivity index (χ1v) is 11.5. The molecule has 154 valence electrons. The molecule has 1 aliphatic heterocycles. The van der Waals surface area contributed by atoms with Crippen LogP contribution in [0.1, 0.15) is 36.8 Å².